The topological polar surface area (TPSA) is 119 Å². The molecule has 0 amide bonds. The molecule has 2 atom stereocenters. The number of halogens is 3. The van der Waals surface area contributed by atoms with Crippen LogP contribution in [0.2, 0.25) is 0 Å². The molecular formula is C12H20F3NO8S. The van der Waals surface area contributed by atoms with Crippen molar-refractivity contribution in [2.24, 2.45) is 0 Å². The highest BCUT2D eigenvalue weighted by Gasteiger charge is 2.59. The molecule has 1 fully saturated rings. The number of nitrogens with zero attached hydrogens (tertiary/aromatic N) is 1. The zero-order chi connectivity index (χ0) is 20.3. The van der Waals surface area contributed by atoms with E-state index in [2.05, 4.69) is 0 Å². The Bertz CT molecular complexity index is 604. The number of esters is 2. The van der Waals surface area contributed by atoms with Crippen LogP contribution in [-0.4, -0.2) is 74.5 Å². The van der Waals surface area contributed by atoms with Gasteiger partial charge in [-0.1, -0.05) is 0 Å². The molecule has 0 bridgehead atoms. The van der Waals surface area contributed by atoms with Crippen LogP contribution in [0.3, 0.4) is 0 Å². The highest BCUT2D eigenvalue weighted by atomic mass is 32.2. The fourth-order valence-corrected chi connectivity index (χ4v) is 2.01. The van der Waals surface area contributed by atoms with E-state index in [0.717, 1.165) is 0 Å². The zero-order valence-electron chi connectivity index (χ0n) is 14.2. The highest BCUT2D eigenvalue weighted by molar-refractivity contribution is 7.86. The number of alkyl halides is 3. The van der Waals surface area contributed by atoms with Crippen molar-refractivity contribution in [3.63, 3.8) is 0 Å². The summed E-state index contributed by atoms with van der Waals surface area (Å²) in [7, 11) is -1.17. The normalized spacial score (nSPS) is 25.6. The first-order chi connectivity index (χ1) is 11.0. The number of methoxy groups -OCH3 is 1. The van der Waals surface area contributed by atoms with Crippen molar-refractivity contribution in [2.75, 3.05) is 27.8 Å². The van der Waals surface area contributed by atoms with E-state index < -0.39 is 21.2 Å². The number of hydrogen-bond donors (Lipinski definition) is 0. The minimum absolute atomic E-state index is 0.0611. The third kappa shape index (κ3) is 6.09. The van der Waals surface area contributed by atoms with Crippen LogP contribution in [0, 0.1) is 0 Å². The predicted octanol–water partition coefficient (Wildman–Crippen LogP) is 0.313. The molecule has 1 aliphatic heterocycles. The summed E-state index contributed by atoms with van der Waals surface area (Å²) in [5, 5.41) is 0. The summed E-state index contributed by atoms with van der Waals surface area (Å²) >= 11 is 0. The molecule has 0 aromatic carbocycles. The summed E-state index contributed by atoms with van der Waals surface area (Å²) < 4.78 is 68.7. The molecule has 13 heteroatoms. The van der Waals surface area contributed by atoms with Crippen molar-refractivity contribution in [3.05, 3.63) is 0 Å². The van der Waals surface area contributed by atoms with Crippen LogP contribution in [0.1, 0.15) is 20.3 Å². The van der Waals surface area contributed by atoms with Crippen LogP contribution in [0.15, 0.2) is 0 Å². The summed E-state index contributed by atoms with van der Waals surface area (Å²) in [5.74, 6) is -0.682. The van der Waals surface area contributed by atoms with Gasteiger partial charge in [0.15, 0.2) is 16.2 Å². The quantitative estimate of drug-likeness (QED) is 0.290. The van der Waals surface area contributed by atoms with Crippen LogP contribution in [0.4, 0.5) is 13.2 Å². The van der Waals surface area contributed by atoms with E-state index >= 15 is 0 Å². The summed E-state index contributed by atoms with van der Waals surface area (Å²) in [5.41, 5.74) is -6.42. The van der Waals surface area contributed by atoms with Crippen LogP contribution < -0.4 is 0 Å². The van der Waals surface area contributed by atoms with Gasteiger partial charge in [-0.2, -0.15) is 22.7 Å². The monoisotopic (exact) mass is 395 g/mol. The minimum Gasteiger partial charge on any atom is -0.741 e. The Hall–Kier alpha value is -1.44. The van der Waals surface area contributed by atoms with Gasteiger partial charge in [-0.15, -0.1) is 0 Å². The van der Waals surface area contributed by atoms with Gasteiger partial charge in [-0.05, 0) is 0 Å². The van der Waals surface area contributed by atoms with E-state index in [9.17, 15) is 22.8 Å². The molecule has 0 radical (unpaired) electrons. The lowest BCUT2D eigenvalue weighted by Crippen LogP contribution is -2.57. The van der Waals surface area contributed by atoms with Gasteiger partial charge in [0, 0.05) is 13.8 Å². The molecule has 25 heavy (non-hydrogen) atoms. The molecule has 0 aromatic heterocycles. The second kappa shape index (κ2) is 7.85. The molecule has 1 heterocycles. The van der Waals surface area contributed by atoms with E-state index in [-0.39, 0.29) is 29.3 Å². The zero-order valence-corrected chi connectivity index (χ0v) is 15.1. The lowest BCUT2D eigenvalue weighted by atomic mass is 9.94. The van der Waals surface area contributed by atoms with Gasteiger partial charge < -0.3 is 14.0 Å². The van der Waals surface area contributed by atoms with Crippen molar-refractivity contribution < 1.29 is 54.7 Å². The number of likely N-dealkylation sites (N-methyl/N-ethyl adjacent to an activating group) is 1. The molecule has 1 rings (SSSR count). The summed E-state index contributed by atoms with van der Waals surface area (Å²) in [6, 6.07) is 0. The second-order valence-corrected chi connectivity index (χ2v) is 7.12. The maximum Gasteiger partial charge on any atom is 0.485 e. The average molecular weight is 395 g/mol. The molecule has 0 aliphatic carbocycles. The van der Waals surface area contributed by atoms with Crippen molar-refractivity contribution in [1.82, 2.24) is 0 Å². The number of hydroxylamine groups is 3. The minimum atomic E-state index is -6.09. The number of carbonyl (C=O) groups is 2. The summed E-state index contributed by atoms with van der Waals surface area (Å²) in [4.78, 5) is 28.2. The van der Waals surface area contributed by atoms with Crippen molar-refractivity contribution in [3.8, 4) is 0 Å². The number of hydrogen-bond acceptors (Lipinski definition) is 8. The predicted molar refractivity (Wildman–Crippen MR) is 74.4 cm³/mol. The van der Waals surface area contributed by atoms with Crippen molar-refractivity contribution in [2.45, 2.75) is 37.4 Å². The van der Waals surface area contributed by atoms with Gasteiger partial charge in [0.1, 0.15) is 6.61 Å². The number of carbonyl (C=O) groups excluding carboxylic acids is 2. The smallest absolute Gasteiger partial charge is 0.485 e. The van der Waals surface area contributed by atoms with E-state index in [1.165, 1.54) is 14.0 Å². The fraction of sp³-hybridized carbons (Fsp3) is 0.833. The lowest BCUT2D eigenvalue weighted by Gasteiger charge is -2.33. The van der Waals surface area contributed by atoms with Crippen LogP contribution in [-0.2, 0) is 34.0 Å². The Labute approximate surface area is 142 Å². The highest BCUT2D eigenvalue weighted by Crippen LogP contribution is 2.37. The van der Waals surface area contributed by atoms with E-state index in [0.29, 0.717) is 6.42 Å². The van der Waals surface area contributed by atoms with E-state index in [1.54, 1.807) is 21.0 Å². The first-order valence-corrected chi connectivity index (χ1v) is 8.15. The summed E-state index contributed by atoms with van der Waals surface area (Å²) in [6.07, 6.45) is 0.165. The molecular weight excluding hydrogens is 375 g/mol. The van der Waals surface area contributed by atoms with Gasteiger partial charge in [0.05, 0.1) is 27.6 Å². The Balaban J connectivity index is 0.000000609. The first-order valence-electron chi connectivity index (χ1n) is 6.74. The number of rotatable bonds is 3. The molecule has 9 nitrogen and oxygen atoms in total. The van der Waals surface area contributed by atoms with Crippen molar-refractivity contribution in [1.29, 1.82) is 0 Å². The molecule has 2 unspecified atom stereocenters. The van der Waals surface area contributed by atoms with Crippen LogP contribution in [0.25, 0.3) is 0 Å². The van der Waals surface area contributed by atoms with Crippen LogP contribution in [0.5, 0.6) is 0 Å². The molecule has 0 saturated carbocycles. The standard InChI is InChI=1S/C11H20NO5.CHF3O3S/c1-8(13)16-7-9-6-11(2,10(14)15-5)12(3,4)17-9;2-1(3,4)8(5,6)7/h9H,6-7H2,1-5H3;(H,5,6,7)/q+1;/p-1. The van der Waals surface area contributed by atoms with Gasteiger partial charge in [-0.3, -0.25) is 4.79 Å². The Kier molecular flexibility index (Phi) is 7.39. The van der Waals surface area contributed by atoms with E-state index in [1.807, 2.05) is 0 Å². The van der Waals surface area contributed by atoms with Gasteiger partial charge in [0.2, 0.25) is 5.54 Å². The second-order valence-electron chi connectivity index (χ2n) is 5.75. The Morgan fingerprint density at radius 3 is 2.12 bits per heavy atom. The van der Waals surface area contributed by atoms with E-state index in [4.69, 9.17) is 27.3 Å². The first kappa shape index (κ1) is 23.6. The molecule has 148 valence electrons. The van der Waals surface area contributed by atoms with Crippen molar-refractivity contribution >= 4 is 22.1 Å². The van der Waals surface area contributed by atoms with Crippen LogP contribution >= 0.6 is 0 Å². The maximum atomic E-state index is 11.8. The summed E-state index contributed by atoms with van der Waals surface area (Å²) in [6.45, 7) is 3.28. The van der Waals surface area contributed by atoms with Gasteiger partial charge in [0.25, 0.3) is 0 Å². The Morgan fingerprint density at radius 1 is 1.36 bits per heavy atom. The SMILES string of the molecule is COC(=O)C1(C)CC(COC(C)=O)O[N+]1(C)C.O=S(=O)([O-])C(F)(F)F. The number of quaternary nitrogens is 1. The molecule has 0 aromatic rings. The third-order valence-electron chi connectivity index (χ3n) is 3.61. The fourth-order valence-electron chi connectivity index (χ4n) is 2.01. The molecule has 0 N–H and O–H groups in total. The maximum absolute atomic E-state index is 11.8. The lowest BCUT2D eigenvalue weighted by molar-refractivity contribution is -1.09. The largest absolute Gasteiger partial charge is 0.741 e. The third-order valence-corrected chi connectivity index (χ3v) is 4.17. The molecule has 1 saturated heterocycles. The average Bonchev–Trinajstić information content (AvgIpc) is 2.65. The van der Waals surface area contributed by atoms with Gasteiger partial charge >= 0.3 is 17.4 Å². The Morgan fingerprint density at radius 2 is 1.80 bits per heavy atom. The molecule has 0 spiro atoms. The van der Waals surface area contributed by atoms with Gasteiger partial charge in [-0.25, -0.2) is 13.2 Å². The number of ether oxygens (including phenoxy) is 2. The molecule has 1 aliphatic rings.